The normalized spacial score (nSPS) is 12.6. The van der Waals surface area contributed by atoms with Crippen molar-refractivity contribution < 1.29 is 9.18 Å². The van der Waals surface area contributed by atoms with E-state index in [9.17, 15) is 9.18 Å². The van der Waals surface area contributed by atoms with E-state index in [4.69, 9.17) is 23.8 Å². The van der Waals surface area contributed by atoms with Crippen molar-refractivity contribution in [2.24, 2.45) is 0 Å². The van der Waals surface area contributed by atoms with E-state index in [-0.39, 0.29) is 10.9 Å². The van der Waals surface area contributed by atoms with Gasteiger partial charge in [-0.2, -0.15) is 0 Å². The highest BCUT2D eigenvalue weighted by molar-refractivity contribution is 7.71. The predicted octanol–water partition coefficient (Wildman–Crippen LogP) is 3.19. The van der Waals surface area contributed by atoms with Crippen LogP contribution in [0.5, 0.6) is 0 Å². The van der Waals surface area contributed by atoms with Crippen molar-refractivity contribution in [2.75, 3.05) is 6.54 Å². The third kappa shape index (κ3) is 2.50. The molecule has 7 heteroatoms. The quantitative estimate of drug-likeness (QED) is 0.855. The number of carbonyl (C=O) groups is 1. The molecule has 1 atom stereocenters. The van der Waals surface area contributed by atoms with Crippen molar-refractivity contribution in [1.29, 1.82) is 0 Å². The average Bonchev–Trinajstić information content (AvgIpc) is 2.65. The maximum Gasteiger partial charge on any atom is 0.242 e. The summed E-state index contributed by atoms with van der Waals surface area (Å²) in [5.74, 6) is -0.713. The standard InChI is InChI=1S/C12H13ClFN3OS/c1-3-15-11(18)6(2)17-10-5-8(14)7(13)4-9(10)16-12(17)19/h4-6H,3H2,1-2H3,(H,15,18)(H,16,19). The van der Waals surface area contributed by atoms with E-state index in [1.807, 2.05) is 6.92 Å². The largest absolute Gasteiger partial charge is 0.355 e. The van der Waals surface area contributed by atoms with E-state index in [2.05, 4.69) is 10.3 Å². The van der Waals surface area contributed by atoms with E-state index in [1.54, 1.807) is 11.5 Å². The highest BCUT2D eigenvalue weighted by Gasteiger charge is 2.18. The molecule has 0 saturated heterocycles. The van der Waals surface area contributed by atoms with Crippen molar-refractivity contribution >= 4 is 40.8 Å². The minimum atomic E-state index is -0.542. The summed E-state index contributed by atoms with van der Waals surface area (Å²) in [4.78, 5) is 14.8. The van der Waals surface area contributed by atoms with Gasteiger partial charge in [-0.15, -0.1) is 0 Å². The summed E-state index contributed by atoms with van der Waals surface area (Å²) >= 11 is 10.9. The molecule has 0 fully saturated rings. The molecule has 0 radical (unpaired) electrons. The highest BCUT2D eigenvalue weighted by Crippen LogP contribution is 2.25. The van der Waals surface area contributed by atoms with Crippen molar-refractivity contribution in [3.05, 3.63) is 27.7 Å². The van der Waals surface area contributed by atoms with E-state index >= 15 is 0 Å². The van der Waals surface area contributed by atoms with Crippen LogP contribution in [0.15, 0.2) is 12.1 Å². The maximum atomic E-state index is 13.6. The number of H-pyrrole nitrogens is 1. The number of nitrogens with zero attached hydrogens (tertiary/aromatic N) is 1. The van der Waals surface area contributed by atoms with Gasteiger partial charge in [0.25, 0.3) is 0 Å². The fourth-order valence-electron chi connectivity index (χ4n) is 1.94. The van der Waals surface area contributed by atoms with Gasteiger partial charge in [0.2, 0.25) is 5.91 Å². The van der Waals surface area contributed by atoms with Gasteiger partial charge < -0.3 is 14.9 Å². The van der Waals surface area contributed by atoms with Gasteiger partial charge in [0.15, 0.2) is 4.77 Å². The van der Waals surface area contributed by atoms with E-state index in [1.165, 1.54) is 12.1 Å². The number of likely N-dealkylation sites (N-methyl/N-ethyl adjacent to an activating group) is 1. The topological polar surface area (TPSA) is 49.8 Å². The molecule has 1 aromatic heterocycles. The Kier molecular flexibility index (Phi) is 3.91. The number of benzene rings is 1. The molecule has 1 aromatic carbocycles. The number of amides is 1. The fraction of sp³-hybridized carbons (Fsp3) is 0.333. The first-order chi connectivity index (χ1) is 8.95. The molecule has 4 nitrogen and oxygen atoms in total. The Bertz CT molecular complexity index is 694. The van der Waals surface area contributed by atoms with Crippen LogP contribution in [0.2, 0.25) is 5.02 Å². The molecule has 0 spiro atoms. The van der Waals surface area contributed by atoms with Crippen LogP contribution in [-0.2, 0) is 4.79 Å². The number of halogens is 2. The number of rotatable bonds is 3. The number of fused-ring (bicyclic) bond motifs is 1. The number of aromatic amines is 1. The van der Waals surface area contributed by atoms with E-state index < -0.39 is 11.9 Å². The van der Waals surface area contributed by atoms with Gasteiger partial charge >= 0.3 is 0 Å². The first-order valence-electron chi connectivity index (χ1n) is 5.82. The Morgan fingerprint density at radius 1 is 1.63 bits per heavy atom. The van der Waals surface area contributed by atoms with Crippen LogP contribution in [0, 0.1) is 10.6 Å². The Balaban J connectivity index is 2.60. The smallest absolute Gasteiger partial charge is 0.242 e. The number of hydrogen-bond acceptors (Lipinski definition) is 2. The second-order valence-electron chi connectivity index (χ2n) is 4.15. The van der Waals surface area contributed by atoms with Crippen molar-refractivity contribution in [1.82, 2.24) is 14.9 Å². The molecule has 0 saturated carbocycles. The first kappa shape index (κ1) is 14.0. The molecule has 2 rings (SSSR count). The first-order valence-corrected chi connectivity index (χ1v) is 6.61. The fourth-order valence-corrected chi connectivity index (χ4v) is 2.47. The zero-order valence-electron chi connectivity index (χ0n) is 10.5. The van der Waals surface area contributed by atoms with E-state index in [0.29, 0.717) is 22.3 Å². The van der Waals surface area contributed by atoms with Crippen LogP contribution in [0.1, 0.15) is 19.9 Å². The summed E-state index contributed by atoms with van der Waals surface area (Å²) in [7, 11) is 0. The Labute approximate surface area is 119 Å². The zero-order chi connectivity index (χ0) is 14.2. The molecule has 1 heterocycles. The summed E-state index contributed by atoms with van der Waals surface area (Å²) in [5.41, 5.74) is 1.12. The summed E-state index contributed by atoms with van der Waals surface area (Å²) in [5, 5.41) is 2.73. The van der Waals surface area contributed by atoms with Gasteiger partial charge in [-0.3, -0.25) is 4.79 Å². The SMILES string of the molecule is CCNC(=O)C(C)n1c(=S)[nH]c2cc(Cl)c(F)cc21. The Hall–Kier alpha value is -1.40. The van der Waals surface area contributed by atoms with Crippen LogP contribution in [0.25, 0.3) is 11.0 Å². The minimum Gasteiger partial charge on any atom is -0.355 e. The van der Waals surface area contributed by atoms with Gasteiger partial charge in [-0.05, 0) is 32.1 Å². The number of nitrogens with one attached hydrogen (secondary N) is 2. The predicted molar refractivity (Wildman–Crippen MR) is 75.5 cm³/mol. The van der Waals surface area contributed by atoms with Crippen molar-refractivity contribution in [3.63, 3.8) is 0 Å². The van der Waals surface area contributed by atoms with Crippen LogP contribution in [0.4, 0.5) is 4.39 Å². The molecular formula is C12H13ClFN3OS. The number of hydrogen-bond donors (Lipinski definition) is 2. The number of aromatic nitrogens is 2. The lowest BCUT2D eigenvalue weighted by Crippen LogP contribution is -2.30. The number of imidazole rings is 1. The molecule has 2 aromatic rings. The van der Waals surface area contributed by atoms with Gasteiger partial charge in [0.1, 0.15) is 11.9 Å². The van der Waals surface area contributed by atoms with Gasteiger partial charge in [0, 0.05) is 12.6 Å². The minimum absolute atomic E-state index is 0.0153. The molecule has 1 unspecified atom stereocenters. The molecule has 1 amide bonds. The zero-order valence-corrected chi connectivity index (χ0v) is 12.0. The van der Waals surface area contributed by atoms with E-state index in [0.717, 1.165) is 0 Å². The second kappa shape index (κ2) is 5.30. The third-order valence-electron chi connectivity index (χ3n) is 2.88. The van der Waals surface area contributed by atoms with Gasteiger partial charge in [-0.25, -0.2) is 4.39 Å². The highest BCUT2D eigenvalue weighted by atomic mass is 35.5. The average molecular weight is 302 g/mol. The molecule has 0 aliphatic heterocycles. The lowest BCUT2D eigenvalue weighted by atomic mass is 10.2. The molecule has 0 bridgehead atoms. The van der Waals surface area contributed by atoms with Crippen LogP contribution in [-0.4, -0.2) is 22.0 Å². The Morgan fingerprint density at radius 2 is 2.32 bits per heavy atom. The maximum absolute atomic E-state index is 13.6. The molecule has 0 aliphatic rings. The van der Waals surface area contributed by atoms with Crippen LogP contribution in [0.3, 0.4) is 0 Å². The third-order valence-corrected chi connectivity index (χ3v) is 3.46. The van der Waals surface area contributed by atoms with Crippen molar-refractivity contribution in [3.8, 4) is 0 Å². The Morgan fingerprint density at radius 3 is 2.95 bits per heavy atom. The van der Waals surface area contributed by atoms with Crippen LogP contribution < -0.4 is 5.32 Å². The van der Waals surface area contributed by atoms with Crippen molar-refractivity contribution in [2.45, 2.75) is 19.9 Å². The molecule has 0 aliphatic carbocycles. The van der Waals surface area contributed by atoms with Crippen LogP contribution >= 0.6 is 23.8 Å². The molecular weight excluding hydrogens is 289 g/mol. The summed E-state index contributed by atoms with van der Waals surface area (Å²) in [6, 6.07) is 2.21. The number of carbonyl (C=O) groups excluding carboxylic acids is 1. The lowest BCUT2D eigenvalue weighted by molar-refractivity contribution is -0.123. The summed E-state index contributed by atoms with van der Waals surface area (Å²) < 4.78 is 15.5. The summed E-state index contributed by atoms with van der Waals surface area (Å²) in [6.45, 7) is 4.07. The van der Waals surface area contributed by atoms with Gasteiger partial charge in [-0.1, -0.05) is 11.6 Å². The monoisotopic (exact) mass is 301 g/mol. The molecule has 19 heavy (non-hydrogen) atoms. The summed E-state index contributed by atoms with van der Waals surface area (Å²) in [6.07, 6.45) is 0. The van der Waals surface area contributed by atoms with Gasteiger partial charge in [0.05, 0.1) is 16.1 Å². The molecule has 102 valence electrons. The second-order valence-corrected chi connectivity index (χ2v) is 4.95. The molecule has 2 N–H and O–H groups in total. The lowest BCUT2D eigenvalue weighted by Gasteiger charge is -2.14.